The minimum Gasteiger partial charge on any atom is -0.483 e. The maximum atomic E-state index is 8.36. The van der Waals surface area contributed by atoms with Gasteiger partial charge in [-0.1, -0.05) is 0 Å². The van der Waals surface area contributed by atoms with Gasteiger partial charge >= 0.3 is 0 Å². The molecule has 2 N–H and O–H groups in total. The van der Waals surface area contributed by atoms with Crippen LogP contribution in [-0.4, -0.2) is 52.1 Å². The van der Waals surface area contributed by atoms with Crippen molar-refractivity contribution in [1.29, 1.82) is 0 Å². The number of rotatable bonds is 6. The third-order valence-electron chi connectivity index (χ3n) is 0.966. The Morgan fingerprint density at radius 2 is 1.58 bits per heavy atom. The normalized spacial score (nSPS) is 8.50. The molecule has 0 aromatic heterocycles. The zero-order chi connectivity index (χ0) is 9.66. The smallest absolute Gasteiger partial charge is 0.290 e. The summed E-state index contributed by atoms with van der Waals surface area (Å²) in [6.45, 7) is 3.09. The summed E-state index contributed by atoms with van der Waals surface area (Å²) in [5.74, 6) is 0. The van der Waals surface area contributed by atoms with Crippen LogP contribution in [0.3, 0.4) is 0 Å². The lowest BCUT2D eigenvalue weighted by atomic mass is 10.6. The summed E-state index contributed by atoms with van der Waals surface area (Å²) in [6, 6.07) is 0. The van der Waals surface area contributed by atoms with Gasteiger partial charge in [-0.15, -0.1) is 0 Å². The molecule has 0 aliphatic heterocycles. The molecule has 0 heterocycles. The van der Waals surface area contributed by atoms with Crippen LogP contribution < -0.4 is 5.32 Å². The average Bonchev–Trinajstić information content (AvgIpc) is 2.06. The van der Waals surface area contributed by atoms with E-state index in [0.29, 0.717) is 0 Å². The highest BCUT2D eigenvalue weighted by atomic mass is 16.5. The molecule has 0 unspecified atom stereocenters. The van der Waals surface area contributed by atoms with Crippen LogP contribution >= 0.6 is 0 Å². The molecule has 0 bridgehead atoms. The SMILES string of the molecule is COCCNCCOC.O=CO. The van der Waals surface area contributed by atoms with E-state index in [1.165, 1.54) is 0 Å². The fourth-order valence-electron chi connectivity index (χ4n) is 0.473. The molecule has 0 saturated heterocycles. The Morgan fingerprint density at radius 3 is 1.83 bits per heavy atom. The third kappa shape index (κ3) is 22.8. The van der Waals surface area contributed by atoms with E-state index in [2.05, 4.69) is 5.32 Å². The van der Waals surface area contributed by atoms with Crippen LogP contribution in [0.15, 0.2) is 0 Å². The molecule has 0 amide bonds. The van der Waals surface area contributed by atoms with Gasteiger partial charge in [-0.05, 0) is 0 Å². The first-order valence-electron chi connectivity index (χ1n) is 3.59. The van der Waals surface area contributed by atoms with Gasteiger partial charge in [-0.3, -0.25) is 4.79 Å². The Labute approximate surface area is 72.7 Å². The van der Waals surface area contributed by atoms with E-state index in [9.17, 15) is 0 Å². The number of carboxylic acid groups (broad SMARTS) is 1. The van der Waals surface area contributed by atoms with E-state index >= 15 is 0 Å². The first-order chi connectivity index (χ1) is 5.83. The lowest BCUT2D eigenvalue weighted by Gasteiger charge is -2.01. The summed E-state index contributed by atoms with van der Waals surface area (Å²) >= 11 is 0. The average molecular weight is 179 g/mol. The number of hydrogen-bond donors (Lipinski definition) is 2. The fourth-order valence-corrected chi connectivity index (χ4v) is 0.473. The Morgan fingerprint density at radius 1 is 1.25 bits per heavy atom. The second-order valence-corrected chi connectivity index (χ2v) is 1.84. The molecular weight excluding hydrogens is 162 g/mol. The highest BCUT2D eigenvalue weighted by Gasteiger charge is 1.83. The van der Waals surface area contributed by atoms with Crippen molar-refractivity contribution < 1.29 is 19.4 Å². The van der Waals surface area contributed by atoms with E-state index in [0.717, 1.165) is 26.3 Å². The van der Waals surface area contributed by atoms with Crippen LogP contribution in [0.25, 0.3) is 0 Å². The first-order valence-corrected chi connectivity index (χ1v) is 3.59. The monoisotopic (exact) mass is 179 g/mol. The van der Waals surface area contributed by atoms with Gasteiger partial charge in [0.15, 0.2) is 0 Å². The van der Waals surface area contributed by atoms with Crippen molar-refractivity contribution in [2.24, 2.45) is 0 Å². The van der Waals surface area contributed by atoms with Crippen molar-refractivity contribution in [2.75, 3.05) is 40.5 Å². The molecule has 0 aliphatic carbocycles. The van der Waals surface area contributed by atoms with Crippen LogP contribution in [0.2, 0.25) is 0 Å². The van der Waals surface area contributed by atoms with Crippen LogP contribution in [0.5, 0.6) is 0 Å². The molecule has 0 radical (unpaired) electrons. The van der Waals surface area contributed by atoms with Crippen LogP contribution in [0.1, 0.15) is 0 Å². The zero-order valence-electron chi connectivity index (χ0n) is 7.58. The first kappa shape index (κ1) is 13.9. The van der Waals surface area contributed by atoms with Crippen molar-refractivity contribution in [3.05, 3.63) is 0 Å². The second kappa shape index (κ2) is 16.7. The Hall–Kier alpha value is -0.650. The summed E-state index contributed by atoms with van der Waals surface area (Å²) < 4.78 is 9.64. The number of nitrogens with one attached hydrogen (secondary N) is 1. The van der Waals surface area contributed by atoms with E-state index in [4.69, 9.17) is 19.4 Å². The predicted octanol–water partition coefficient (Wildman–Crippen LogP) is -0.430. The van der Waals surface area contributed by atoms with E-state index < -0.39 is 0 Å². The summed E-state index contributed by atoms with van der Waals surface area (Å²) in [4.78, 5) is 8.36. The highest BCUT2D eigenvalue weighted by molar-refractivity contribution is 5.32. The minimum atomic E-state index is -0.250. The molecule has 0 aromatic carbocycles. The Kier molecular flexibility index (Phi) is 19.4. The van der Waals surface area contributed by atoms with E-state index in [1.54, 1.807) is 14.2 Å². The molecular formula is C7H17NO4. The number of hydrogen-bond acceptors (Lipinski definition) is 4. The van der Waals surface area contributed by atoms with E-state index in [-0.39, 0.29) is 6.47 Å². The molecule has 0 aromatic rings. The molecule has 12 heavy (non-hydrogen) atoms. The van der Waals surface area contributed by atoms with Gasteiger partial charge in [0, 0.05) is 27.3 Å². The lowest BCUT2D eigenvalue weighted by Crippen LogP contribution is -2.23. The molecule has 0 rings (SSSR count). The van der Waals surface area contributed by atoms with Gasteiger partial charge in [0.2, 0.25) is 0 Å². The minimum absolute atomic E-state index is 0.250. The second-order valence-electron chi connectivity index (χ2n) is 1.84. The van der Waals surface area contributed by atoms with Crippen molar-refractivity contribution in [1.82, 2.24) is 5.32 Å². The number of methoxy groups -OCH3 is 2. The lowest BCUT2D eigenvalue weighted by molar-refractivity contribution is -0.122. The molecule has 0 saturated carbocycles. The Balaban J connectivity index is 0. The van der Waals surface area contributed by atoms with Gasteiger partial charge in [-0.25, -0.2) is 0 Å². The van der Waals surface area contributed by atoms with Crippen LogP contribution in [-0.2, 0) is 14.3 Å². The third-order valence-corrected chi connectivity index (χ3v) is 0.966. The summed E-state index contributed by atoms with van der Waals surface area (Å²) in [5.41, 5.74) is 0. The standard InChI is InChI=1S/C6H15NO2.CH2O2/c1-8-5-3-7-4-6-9-2;2-1-3/h7H,3-6H2,1-2H3;1H,(H,2,3). The highest BCUT2D eigenvalue weighted by Crippen LogP contribution is 1.65. The maximum Gasteiger partial charge on any atom is 0.290 e. The summed E-state index contributed by atoms with van der Waals surface area (Å²) in [6.07, 6.45) is 0. The molecule has 0 fully saturated rings. The number of carbonyl (C=O) groups is 1. The van der Waals surface area contributed by atoms with Gasteiger partial charge in [0.1, 0.15) is 0 Å². The van der Waals surface area contributed by atoms with Gasteiger partial charge < -0.3 is 19.9 Å². The van der Waals surface area contributed by atoms with Crippen molar-refractivity contribution in [3.8, 4) is 0 Å². The largest absolute Gasteiger partial charge is 0.483 e. The molecule has 0 aliphatic rings. The molecule has 0 spiro atoms. The van der Waals surface area contributed by atoms with E-state index in [1.807, 2.05) is 0 Å². The fraction of sp³-hybridized carbons (Fsp3) is 0.857. The van der Waals surface area contributed by atoms with Crippen molar-refractivity contribution in [2.45, 2.75) is 0 Å². The van der Waals surface area contributed by atoms with Crippen LogP contribution in [0, 0.1) is 0 Å². The van der Waals surface area contributed by atoms with Crippen LogP contribution in [0.4, 0.5) is 0 Å². The predicted molar refractivity (Wildman–Crippen MR) is 45.3 cm³/mol. The van der Waals surface area contributed by atoms with Crippen molar-refractivity contribution in [3.63, 3.8) is 0 Å². The van der Waals surface area contributed by atoms with Gasteiger partial charge in [0.25, 0.3) is 6.47 Å². The number of ether oxygens (including phenoxy) is 2. The molecule has 5 heteroatoms. The maximum absolute atomic E-state index is 8.36. The Bertz CT molecular complexity index is 73.8. The van der Waals surface area contributed by atoms with Gasteiger partial charge in [-0.2, -0.15) is 0 Å². The summed E-state index contributed by atoms with van der Waals surface area (Å²) in [5, 5.41) is 10.0. The quantitative estimate of drug-likeness (QED) is 0.428. The molecule has 0 atom stereocenters. The summed E-state index contributed by atoms with van der Waals surface area (Å²) in [7, 11) is 3.38. The molecule has 5 nitrogen and oxygen atoms in total. The zero-order valence-corrected chi connectivity index (χ0v) is 7.58. The molecule has 74 valence electrons. The van der Waals surface area contributed by atoms with Crippen molar-refractivity contribution >= 4 is 6.47 Å². The van der Waals surface area contributed by atoms with Gasteiger partial charge in [0.05, 0.1) is 13.2 Å². The topological polar surface area (TPSA) is 67.8 Å².